The summed E-state index contributed by atoms with van der Waals surface area (Å²) in [6.07, 6.45) is 5.03. The molecule has 0 bridgehead atoms. The van der Waals surface area contributed by atoms with Gasteiger partial charge in [0.1, 0.15) is 24.3 Å². The van der Waals surface area contributed by atoms with E-state index in [1.165, 1.54) is 10.9 Å². The molecule has 1 aliphatic rings. The minimum Gasteiger partial charge on any atom is -0.390 e. The van der Waals surface area contributed by atoms with Gasteiger partial charge in [0, 0.05) is 6.42 Å². The molecule has 7 N–H and O–H groups in total. The van der Waals surface area contributed by atoms with Gasteiger partial charge in [-0.05, 0) is 5.92 Å². The van der Waals surface area contributed by atoms with Crippen LogP contribution in [0.25, 0.3) is 11.2 Å². The van der Waals surface area contributed by atoms with Gasteiger partial charge in [0.25, 0.3) is 0 Å². The Hall–Kier alpha value is -1.76. The number of anilines is 1. The zero-order valence-corrected chi connectivity index (χ0v) is 18.3. The highest BCUT2D eigenvalue weighted by atomic mass is 31.3. The van der Waals surface area contributed by atoms with Crippen molar-refractivity contribution >= 4 is 40.4 Å². The number of imidazole rings is 1. The van der Waals surface area contributed by atoms with Gasteiger partial charge in [-0.3, -0.25) is 9.09 Å². The van der Waals surface area contributed by atoms with Gasteiger partial charge in [0.15, 0.2) is 11.5 Å². The fraction of sp³-hybridized carbons (Fsp3) is 0.417. The van der Waals surface area contributed by atoms with E-state index in [9.17, 15) is 23.7 Å². The zero-order valence-electron chi connectivity index (χ0n) is 15.6. The van der Waals surface area contributed by atoms with E-state index < -0.39 is 48.0 Å². The number of phosphoric acid groups is 3. The molecular formula is C12H16N5O12P3. The standard InChI is InChI=1S/C12H16N5O12P3/c1-2-12(17-6-16-9-10(13)14-5-15-11(9)17)3-7(18)8(27-12)4-26-31(22,23)29-32(24,25)28-30(19,20)21/h1,5-8,18H,3-4H2,(H,22,23)(H,24,25)(H2,13,14,15)(H2,19,20,21)/t7-,8+,12+/m0/s1. The lowest BCUT2D eigenvalue weighted by Crippen LogP contribution is -2.32. The van der Waals surface area contributed by atoms with Crippen LogP contribution in [0.15, 0.2) is 12.7 Å². The molecule has 1 aliphatic heterocycles. The summed E-state index contributed by atoms with van der Waals surface area (Å²) in [5.74, 6) is 2.40. The molecule has 20 heteroatoms. The lowest BCUT2D eigenvalue weighted by atomic mass is 10.1. The highest BCUT2D eigenvalue weighted by Gasteiger charge is 2.49. The minimum absolute atomic E-state index is 0.0590. The van der Waals surface area contributed by atoms with Crippen molar-refractivity contribution < 1.29 is 56.3 Å². The number of nitrogen functional groups attached to an aromatic ring is 1. The van der Waals surface area contributed by atoms with Crippen LogP contribution in [0.5, 0.6) is 0 Å². The number of aliphatic hydroxyl groups is 1. The number of aromatic nitrogens is 4. The van der Waals surface area contributed by atoms with Gasteiger partial charge in [-0.1, -0.05) is 0 Å². The Bertz CT molecular complexity index is 1210. The second-order valence-corrected chi connectivity index (χ2v) is 10.7. The number of fused-ring (bicyclic) bond motifs is 1. The maximum atomic E-state index is 11.9. The zero-order chi connectivity index (χ0) is 23.9. The highest BCUT2D eigenvalue weighted by Crippen LogP contribution is 2.66. The van der Waals surface area contributed by atoms with E-state index in [4.69, 9.17) is 31.6 Å². The first kappa shape index (κ1) is 24.9. The van der Waals surface area contributed by atoms with Gasteiger partial charge < -0.3 is 35.2 Å². The van der Waals surface area contributed by atoms with Crippen molar-refractivity contribution in [2.45, 2.75) is 24.4 Å². The lowest BCUT2D eigenvalue weighted by molar-refractivity contribution is -0.0787. The molecule has 0 aromatic carbocycles. The fourth-order valence-corrected chi connectivity index (χ4v) is 5.87. The predicted molar refractivity (Wildman–Crippen MR) is 102 cm³/mol. The van der Waals surface area contributed by atoms with Crippen molar-refractivity contribution in [2.75, 3.05) is 12.3 Å². The summed E-state index contributed by atoms with van der Waals surface area (Å²) in [5.41, 5.74) is 4.44. The van der Waals surface area contributed by atoms with Gasteiger partial charge in [-0.25, -0.2) is 28.6 Å². The van der Waals surface area contributed by atoms with Gasteiger partial charge in [-0.15, -0.1) is 6.42 Å². The molecule has 176 valence electrons. The van der Waals surface area contributed by atoms with Crippen LogP contribution in [0.3, 0.4) is 0 Å². The molecule has 3 rings (SSSR count). The maximum Gasteiger partial charge on any atom is 0.490 e. The Labute approximate surface area is 178 Å². The van der Waals surface area contributed by atoms with E-state index in [2.05, 4.69) is 34.0 Å². The SMILES string of the molecule is C#C[C@]1(n2cnc3c(N)ncnc32)C[C@H](O)[C@@H](COP(=O)(O)OP(=O)(O)OP(=O)(O)O)O1. The van der Waals surface area contributed by atoms with E-state index in [1.54, 1.807) is 0 Å². The Morgan fingerprint density at radius 1 is 1.22 bits per heavy atom. The molecule has 3 heterocycles. The van der Waals surface area contributed by atoms with Crippen LogP contribution in [0.4, 0.5) is 5.82 Å². The molecule has 5 atom stereocenters. The number of hydrogen-bond donors (Lipinski definition) is 6. The smallest absolute Gasteiger partial charge is 0.390 e. The van der Waals surface area contributed by atoms with Crippen LogP contribution in [0.2, 0.25) is 0 Å². The largest absolute Gasteiger partial charge is 0.490 e. The Morgan fingerprint density at radius 3 is 2.53 bits per heavy atom. The number of aliphatic hydroxyl groups excluding tert-OH is 1. The van der Waals surface area contributed by atoms with Crippen LogP contribution in [0, 0.1) is 12.3 Å². The monoisotopic (exact) mass is 515 g/mol. The molecule has 1 fully saturated rings. The van der Waals surface area contributed by atoms with Crippen LogP contribution < -0.4 is 5.73 Å². The molecule has 0 amide bonds. The molecule has 0 saturated carbocycles. The summed E-state index contributed by atoms with van der Waals surface area (Å²) in [6, 6.07) is 0. The van der Waals surface area contributed by atoms with Gasteiger partial charge in [0.2, 0.25) is 5.72 Å². The van der Waals surface area contributed by atoms with Crippen LogP contribution in [-0.4, -0.2) is 63.0 Å². The number of phosphoric ester groups is 1. The first-order valence-corrected chi connectivity index (χ1v) is 12.8. The van der Waals surface area contributed by atoms with Crippen molar-refractivity contribution in [3.05, 3.63) is 12.7 Å². The number of nitrogens with zero attached hydrogens (tertiary/aromatic N) is 4. The molecule has 2 aromatic heterocycles. The van der Waals surface area contributed by atoms with E-state index in [0.717, 1.165) is 6.33 Å². The van der Waals surface area contributed by atoms with Gasteiger partial charge in [-0.2, -0.15) is 8.62 Å². The number of ether oxygens (including phenoxy) is 1. The molecule has 17 nitrogen and oxygen atoms in total. The molecular weight excluding hydrogens is 499 g/mol. The first-order valence-electron chi connectivity index (χ1n) is 8.23. The third-order valence-corrected chi connectivity index (χ3v) is 7.86. The third kappa shape index (κ3) is 5.41. The van der Waals surface area contributed by atoms with Crippen molar-refractivity contribution in [1.82, 2.24) is 19.5 Å². The fourth-order valence-electron chi connectivity index (χ4n) is 2.84. The quantitative estimate of drug-likeness (QED) is 0.185. The average Bonchev–Trinajstić information content (AvgIpc) is 3.20. The van der Waals surface area contributed by atoms with Crippen molar-refractivity contribution in [1.29, 1.82) is 0 Å². The summed E-state index contributed by atoms with van der Waals surface area (Å²) in [7, 11) is -16.6. The Balaban J connectivity index is 1.75. The topological polar surface area (TPSA) is 259 Å². The molecule has 0 radical (unpaired) electrons. The Morgan fingerprint density at radius 2 is 1.91 bits per heavy atom. The summed E-state index contributed by atoms with van der Waals surface area (Å²) in [5, 5.41) is 10.3. The second-order valence-electron chi connectivity index (χ2n) is 6.29. The van der Waals surface area contributed by atoms with Crippen LogP contribution >= 0.6 is 23.5 Å². The van der Waals surface area contributed by atoms with Crippen LogP contribution in [-0.2, 0) is 37.3 Å². The molecule has 2 aromatic rings. The lowest BCUT2D eigenvalue weighted by Gasteiger charge is -2.25. The van der Waals surface area contributed by atoms with E-state index in [1.807, 2.05) is 0 Å². The second kappa shape index (κ2) is 8.54. The number of hydrogen-bond acceptors (Lipinski definition) is 12. The summed E-state index contributed by atoms with van der Waals surface area (Å²) >= 11 is 0. The predicted octanol–water partition coefficient (Wildman–Crippen LogP) is -0.812. The Kier molecular flexibility index (Phi) is 6.64. The summed E-state index contributed by atoms with van der Waals surface area (Å²) in [4.78, 5) is 47.6. The van der Waals surface area contributed by atoms with Gasteiger partial charge >= 0.3 is 23.5 Å². The average molecular weight is 515 g/mol. The normalized spacial score (nSPS) is 27.6. The molecule has 2 unspecified atom stereocenters. The maximum absolute atomic E-state index is 11.9. The summed E-state index contributed by atoms with van der Waals surface area (Å²) in [6.45, 7) is -0.891. The molecule has 32 heavy (non-hydrogen) atoms. The van der Waals surface area contributed by atoms with Crippen molar-refractivity contribution in [3.63, 3.8) is 0 Å². The number of nitrogens with two attached hydrogens (primary N) is 1. The minimum atomic E-state index is -5.69. The third-order valence-electron chi connectivity index (χ3n) is 4.06. The van der Waals surface area contributed by atoms with Gasteiger partial charge in [0.05, 0.1) is 12.7 Å². The van der Waals surface area contributed by atoms with E-state index in [0.29, 0.717) is 0 Å². The summed E-state index contributed by atoms with van der Waals surface area (Å²) < 4.78 is 52.5. The van der Waals surface area contributed by atoms with Crippen LogP contribution in [0.1, 0.15) is 6.42 Å². The highest BCUT2D eigenvalue weighted by molar-refractivity contribution is 7.66. The first-order chi connectivity index (χ1) is 14.7. The number of terminal acetylenes is 1. The van der Waals surface area contributed by atoms with E-state index >= 15 is 0 Å². The van der Waals surface area contributed by atoms with E-state index in [-0.39, 0.29) is 23.4 Å². The van der Waals surface area contributed by atoms with Crippen molar-refractivity contribution in [2.24, 2.45) is 0 Å². The molecule has 0 spiro atoms. The number of rotatable bonds is 8. The van der Waals surface area contributed by atoms with Crippen molar-refractivity contribution in [3.8, 4) is 12.3 Å². The molecule has 0 aliphatic carbocycles. The molecule has 1 saturated heterocycles.